The third-order valence-electron chi connectivity index (χ3n) is 5.42. The number of hydrogen-bond acceptors (Lipinski definition) is 3. The van der Waals surface area contributed by atoms with Crippen LogP contribution in [-0.2, 0) is 24.3 Å². The number of nitrogens with one attached hydrogen (secondary N) is 1. The maximum Gasteiger partial charge on any atom is 0.221 e. The number of fused-ring (bicyclic) bond motifs is 1. The Bertz CT molecular complexity index is 865. The van der Waals surface area contributed by atoms with Gasteiger partial charge in [-0.1, -0.05) is 67.1 Å². The first-order chi connectivity index (χ1) is 13.8. The Hall–Kier alpha value is -2.95. The molecule has 0 aliphatic carbocycles. The molecule has 0 saturated heterocycles. The van der Waals surface area contributed by atoms with Gasteiger partial charge in [-0.15, -0.1) is 10.2 Å². The zero-order valence-corrected chi connectivity index (χ0v) is 16.1. The van der Waals surface area contributed by atoms with Gasteiger partial charge in [0, 0.05) is 25.3 Å². The van der Waals surface area contributed by atoms with E-state index in [1.54, 1.807) is 0 Å². The van der Waals surface area contributed by atoms with Crippen LogP contribution >= 0.6 is 0 Å². The van der Waals surface area contributed by atoms with Gasteiger partial charge < -0.3 is 9.88 Å². The Kier molecular flexibility index (Phi) is 5.80. The van der Waals surface area contributed by atoms with Crippen LogP contribution in [0.25, 0.3) is 0 Å². The molecule has 2 heterocycles. The van der Waals surface area contributed by atoms with Crippen LogP contribution < -0.4 is 5.32 Å². The average molecular weight is 374 g/mol. The molecule has 0 unspecified atom stereocenters. The van der Waals surface area contributed by atoms with E-state index in [9.17, 15) is 4.79 Å². The van der Waals surface area contributed by atoms with Gasteiger partial charge in [0.25, 0.3) is 0 Å². The molecule has 0 atom stereocenters. The molecule has 1 N–H and O–H groups in total. The summed E-state index contributed by atoms with van der Waals surface area (Å²) in [6.45, 7) is 1.38. The van der Waals surface area contributed by atoms with Crippen molar-refractivity contribution < 1.29 is 4.79 Å². The lowest BCUT2D eigenvalue weighted by molar-refractivity contribution is -0.121. The largest absolute Gasteiger partial charge is 0.349 e. The number of benzene rings is 2. The maximum atomic E-state index is 12.8. The summed E-state index contributed by atoms with van der Waals surface area (Å²) in [6, 6.07) is 20.4. The summed E-state index contributed by atoms with van der Waals surface area (Å²) in [4.78, 5) is 12.8. The number of amides is 1. The van der Waals surface area contributed by atoms with Gasteiger partial charge in [0.05, 0.1) is 6.54 Å². The molecule has 5 nitrogen and oxygen atoms in total. The van der Waals surface area contributed by atoms with Gasteiger partial charge in [-0.25, -0.2) is 0 Å². The second-order valence-corrected chi connectivity index (χ2v) is 7.35. The SMILES string of the molecule is O=C(CC(c1ccccc1)c1ccccc1)NCc1nnc2n1CCCCC2. The van der Waals surface area contributed by atoms with Crippen molar-refractivity contribution in [3.8, 4) is 0 Å². The van der Waals surface area contributed by atoms with E-state index in [1.165, 1.54) is 12.8 Å². The fourth-order valence-electron chi connectivity index (χ4n) is 3.91. The maximum absolute atomic E-state index is 12.8. The first-order valence-corrected chi connectivity index (χ1v) is 10.1. The van der Waals surface area contributed by atoms with E-state index in [1.807, 2.05) is 36.4 Å². The predicted octanol–water partition coefficient (Wildman–Crippen LogP) is 3.84. The van der Waals surface area contributed by atoms with E-state index in [0.717, 1.165) is 42.2 Å². The average Bonchev–Trinajstić information content (AvgIpc) is 2.97. The molecule has 0 fully saturated rings. The van der Waals surface area contributed by atoms with Crippen molar-refractivity contribution in [1.29, 1.82) is 0 Å². The van der Waals surface area contributed by atoms with Crippen LogP contribution in [0.15, 0.2) is 60.7 Å². The van der Waals surface area contributed by atoms with E-state index in [0.29, 0.717) is 13.0 Å². The molecule has 144 valence electrons. The molecule has 1 aliphatic heterocycles. The predicted molar refractivity (Wildman–Crippen MR) is 109 cm³/mol. The molecule has 0 bridgehead atoms. The quantitative estimate of drug-likeness (QED) is 0.713. The van der Waals surface area contributed by atoms with Crippen molar-refractivity contribution in [3.05, 3.63) is 83.4 Å². The lowest BCUT2D eigenvalue weighted by atomic mass is 9.88. The molecule has 2 aromatic carbocycles. The monoisotopic (exact) mass is 374 g/mol. The molecule has 4 rings (SSSR count). The van der Waals surface area contributed by atoms with Gasteiger partial charge in [0.15, 0.2) is 5.82 Å². The van der Waals surface area contributed by atoms with Gasteiger partial charge in [0.1, 0.15) is 5.82 Å². The third-order valence-corrected chi connectivity index (χ3v) is 5.42. The van der Waals surface area contributed by atoms with E-state index in [2.05, 4.69) is 44.3 Å². The van der Waals surface area contributed by atoms with Crippen LogP contribution in [0.2, 0.25) is 0 Å². The van der Waals surface area contributed by atoms with Crippen molar-refractivity contribution in [2.75, 3.05) is 0 Å². The van der Waals surface area contributed by atoms with Gasteiger partial charge >= 0.3 is 0 Å². The summed E-state index contributed by atoms with van der Waals surface area (Å²) in [5, 5.41) is 11.7. The van der Waals surface area contributed by atoms with Crippen molar-refractivity contribution in [2.24, 2.45) is 0 Å². The first kappa shape index (κ1) is 18.4. The summed E-state index contributed by atoms with van der Waals surface area (Å²) in [6.07, 6.45) is 4.93. The van der Waals surface area contributed by atoms with E-state index >= 15 is 0 Å². The van der Waals surface area contributed by atoms with E-state index in [4.69, 9.17) is 0 Å². The highest BCUT2D eigenvalue weighted by molar-refractivity contribution is 5.77. The zero-order chi connectivity index (χ0) is 19.2. The number of carbonyl (C=O) groups excluding carboxylic acids is 1. The van der Waals surface area contributed by atoms with Crippen molar-refractivity contribution in [1.82, 2.24) is 20.1 Å². The molecule has 1 aromatic heterocycles. The van der Waals surface area contributed by atoms with Crippen LogP contribution in [0, 0.1) is 0 Å². The highest BCUT2D eigenvalue weighted by atomic mass is 16.1. The Morgan fingerprint density at radius 1 is 0.929 bits per heavy atom. The Morgan fingerprint density at radius 2 is 1.61 bits per heavy atom. The van der Waals surface area contributed by atoms with Gasteiger partial charge in [-0.3, -0.25) is 4.79 Å². The summed E-state index contributed by atoms with van der Waals surface area (Å²) in [5.74, 6) is 1.98. The van der Waals surface area contributed by atoms with Crippen LogP contribution in [0.5, 0.6) is 0 Å². The number of aryl methyl sites for hydroxylation is 1. The Balaban J connectivity index is 1.45. The number of aromatic nitrogens is 3. The topological polar surface area (TPSA) is 59.8 Å². The summed E-state index contributed by atoms with van der Waals surface area (Å²) in [7, 11) is 0. The second kappa shape index (κ2) is 8.83. The fourth-order valence-corrected chi connectivity index (χ4v) is 3.91. The number of hydrogen-bond donors (Lipinski definition) is 1. The molecule has 1 amide bonds. The van der Waals surface area contributed by atoms with Crippen molar-refractivity contribution in [3.63, 3.8) is 0 Å². The van der Waals surface area contributed by atoms with Crippen LogP contribution in [0.1, 0.15) is 54.4 Å². The zero-order valence-electron chi connectivity index (χ0n) is 16.1. The summed E-state index contributed by atoms with van der Waals surface area (Å²) >= 11 is 0. The van der Waals surface area contributed by atoms with Gasteiger partial charge in [0.2, 0.25) is 5.91 Å². The molecule has 0 radical (unpaired) electrons. The first-order valence-electron chi connectivity index (χ1n) is 10.1. The normalized spacial score (nSPS) is 13.8. The fraction of sp³-hybridized carbons (Fsp3) is 0.348. The molecule has 28 heavy (non-hydrogen) atoms. The van der Waals surface area contributed by atoms with E-state index < -0.39 is 0 Å². The minimum atomic E-state index is 0.0312. The number of carbonyl (C=O) groups is 1. The van der Waals surface area contributed by atoms with E-state index in [-0.39, 0.29) is 11.8 Å². The minimum absolute atomic E-state index is 0.0312. The van der Waals surface area contributed by atoms with Gasteiger partial charge in [-0.2, -0.15) is 0 Å². The third kappa shape index (κ3) is 4.30. The van der Waals surface area contributed by atoms with Gasteiger partial charge in [-0.05, 0) is 24.0 Å². The minimum Gasteiger partial charge on any atom is -0.349 e. The number of nitrogens with zero attached hydrogens (tertiary/aromatic N) is 3. The lowest BCUT2D eigenvalue weighted by Crippen LogP contribution is -2.26. The molecular formula is C23H26N4O. The smallest absolute Gasteiger partial charge is 0.221 e. The van der Waals surface area contributed by atoms with Crippen LogP contribution in [0.4, 0.5) is 0 Å². The Morgan fingerprint density at radius 3 is 2.29 bits per heavy atom. The molecule has 5 heteroatoms. The number of rotatable bonds is 6. The Labute approximate surface area is 165 Å². The van der Waals surface area contributed by atoms with Crippen LogP contribution in [0.3, 0.4) is 0 Å². The second-order valence-electron chi connectivity index (χ2n) is 7.35. The molecule has 1 aliphatic rings. The highest BCUT2D eigenvalue weighted by Crippen LogP contribution is 2.27. The molecular weight excluding hydrogens is 348 g/mol. The van der Waals surface area contributed by atoms with Crippen LogP contribution in [-0.4, -0.2) is 20.7 Å². The highest BCUT2D eigenvalue weighted by Gasteiger charge is 2.19. The lowest BCUT2D eigenvalue weighted by Gasteiger charge is -2.18. The van der Waals surface area contributed by atoms with Crippen molar-refractivity contribution in [2.45, 2.75) is 51.1 Å². The molecule has 0 saturated carbocycles. The molecule has 3 aromatic rings. The van der Waals surface area contributed by atoms with Crippen molar-refractivity contribution >= 4 is 5.91 Å². The summed E-state index contributed by atoms with van der Waals surface area (Å²) in [5.41, 5.74) is 2.31. The standard InChI is InChI=1S/C23H26N4O/c28-23(24-17-22-26-25-21-14-8-3-9-15-27(21)22)16-20(18-10-4-1-5-11-18)19-12-6-2-7-13-19/h1-2,4-7,10-13,20H,3,8-9,14-17H2,(H,24,28). The molecule has 0 spiro atoms. The summed E-state index contributed by atoms with van der Waals surface area (Å²) < 4.78 is 2.18.